The Morgan fingerprint density at radius 1 is 1.03 bits per heavy atom. The fourth-order valence-electron chi connectivity index (χ4n) is 3.19. The van der Waals surface area contributed by atoms with E-state index >= 15 is 0 Å². The van der Waals surface area contributed by atoms with Gasteiger partial charge in [-0.1, -0.05) is 76.2 Å². The standard InChI is InChI=1S/C25H34N2O3/c1-6-16-26-24(29)19(2)27(17-20-12-8-7-9-13-20)23(28)18-30-22-15-11-10-14-21(22)25(3,4)5/h7-15,19H,6,16-18H2,1-5H3,(H,26,29)/t19-/m1/s1. The maximum absolute atomic E-state index is 13.1. The van der Waals surface area contributed by atoms with Gasteiger partial charge in [0.2, 0.25) is 5.91 Å². The molecule has 1 N–H and O–H groups in total. The molecule has 0 fully saturated rings. The summed E-state index contributed by atoms with van der Waals surface area (Å²) in [5.74, 6) is 0.319. The van der Waals surface area contributed by atoms with Gasteiger partial charge in [-0.25, -0.2) is 0 Å². The Morgan fingerprint density at radius 2 is 1.67 bits per heavy atom. The molecule has 2 rings (SSSR count). The molecule has 1 atom stereocenters. The van der Waals surface area contributed by atoms with Crippen molar-refractivity contribution in [2.75, 3.05) is 13.2 Å². The molecule has 2 aromatic carbocycles. The van der Waals surface area contributed by atoms with Crippen LogP contribution >= 0.6 is 0 Å². The van der Waals surface area contributed by atoms with Crippen molar-refractivity contribution >= 4 is 11.8 Å². The molecule has 0 saturated heterocycles. The first-order chi connectivity index (χ1) is 14.2. The normalized spacial score (nSPS) is 12.2. The lowest BCUT2D eigenvalue weighted by Crippen LogP contribution is -2.49. The summed E-state index contributed by atoms with van der Waals surface area (Å²) in [5, 5.41) is 2.88. The molecule has 0 aliphatic carbocycles. The summed E-state index contributed by atoms with van der Waals surface area (Å²) in [6.07, 6.45) is 0.845. The molecule has 0 aromatic heterocycles. The van der Waals surface area contributed by atoms with E-state index in [9.17, 15) is 9.59 Å². The fourth-order valence-corrected chi connectivity index (χ4v) is 3.19. The van der Waals surface area contributed by atoms with E-state index in [4.69, 9.17) is 4.74 Å². The fraction of sp³-hybridized carbons (Fsp3) is 0.440. The van der Waals surface area contributed by atoms with Gasteiger partial charge in [0.05, 0.1) is 0 Å². The summed E-state index contributed by atoms with van der Waals surface area (Å²) in [7, 11) is 0. The molecular formula is C25H34N2O3. The maximum atomic E-state index is 13.1. The van der Waals surface area contributed by atoms with Gasteiger partial charge < -0.3 is 15.0 Å². The Morgan fingerprint density at radius 3 is 2.30 bits per heavy atom. The van der Waals surface area contributed by atoms with Gasteiger partial charge in [-0.05, 0) is 36.0 Å². The van der Waals surface area contributed by atoms with Crippen LogP contribution in [0.25, 0.3) is 0 Å². The van der Waals surface area contributed by atoms with Gasteiger partial charge in [0, 0.05) is 13.1 Å². The molecule has 0 radical (unpaired) electrons. The average molecular weight is 411 g/mol. The second kappa shape index (κ2) is 10.8. The lowest BCUT2D eigenvalue weighted by molar-refractivity contribution is -0.142. The molecule has 0 spiro atoms. The zero-order chi connectivity index (χ0) is 22.1. The number of nitrogens with one attached hydrogen (secondary N) is 1. The number of hydrogen-bond acceptors (Lipinski definition) is 3. The predicted molar refractivity (Wildman–Crippen MR) is 120 cm³/mol. The Kier molecular flexibility index (Phi) is 8.46. The van der Waals surface area contributed by atoms with Crippen LogP contribution in [-0.4, -0.2) is 35.9 Å². The summed E-state index contributed by atoms with van der Waals surface area (Å²) in [5.41, 5.74) is 1.91. The highest BCUT2D eigenvalue weighted by Gasteiger charge is 2.27. The number of carbonyl (C=O) groups is 2. The van der Waals surface area contributed by atoms with Gasteiger partial charge in [-0.15, -0.1) is 0 Å². The molecule has 2 amide bonds. The van der Waals surface area contributed by atoms with Crippen LogP contribution in [-0.2, 0) is 21.5 Å². The number of ether oxygens (including phenoxy) is 1. The highest BCUT2D eigenvalue weighted by molar-refractivity contribution is 5.87. The van der Waals surface area contributed by atoms with Crippen molar-refractivity contribution < 1.29 is 14.3 Å². The minimum Gasteiger partial charge on any atom is -0.483 e. The van der Waals surface area contributed by atoms with Gasteiger partial charge in [0.15, 0.2) is 6.61 Å². The summed E-state index contributed by atoms with van der Waals surface area (Å²) in [4.78, 5) is 27.3. The van der Waals surface area contributed by atoms with E-state index < -0.39 is 6.04 Å². The molecule has 0 bridgehead atoms. The first-order valence-electron chi connectivity index (χ1n) is 10.6. The van der Waals surface area contributed by atoms with E-state index in [2.05, 4.69) is 26.1 Å². The minimum atomic E-state index is -0.592. The molecule has 0 unspecified atom stereocenters. The van der Waals surface area contributed by atoms with Gasteiger partial charge in [0.25, 0.3) is 5.91 Å². The van der Waals surface area contributed by atoms with Gasteiger partial charge in [-0.3, -0.25) is 9.59 Å². The van der Waals surface area contributed by atoms with Crippen molar-refractivity contribution in [3.8, 4) is 5.75 Å². The summed E-state index contributed by atoms with van der Waals surface area (Å²) < 4.78 is 5.93. The van der Waals surface area contributed by atoms with Gasteiger partial charge in [-0.2, -0.15) is 0 Å². The number of hydrogen-bond donors (Lipinski definition) is 1. The number of rotatable bonds is 9. The van der Waals surface area contributed by atoms with Crippen LogP contribution in [0.3, 0.4) is 0 Å². The Bertz CT molecular complexity index is 828. The van der Waals surface area contributed by atoms with E-state index in [1.54, 1.807) is 11.8 Å². The maximum Gasteiger partial charge on any atom is 0.261 e. The zero-order valence-electron chi connectivity index (χ0n) is 18.8. The smallest absolute Gasteiger partial charge is 0.261 e. The third-order valence-corrected chi connectivity index (χ3v) is 4.96. The summed E-state index contributed by atoms with van der Waals surface area (Å²) >= 11 is 0. The third kappa shape index (κ3) is 6.61. The first-order valence-corrected chi connectivity index (χ1v) is 10.6. The number of carbonyl (C=O) groups excluding carboxylic acids is 2. The number of nitrogens with zero attached hydrogens (tertiary/aromatic N) is 1. The zero-order valence-corrected chi connectivity index (χ0v) is 18.8. The largest absolute Gasteiger partial charge is 0.483 e. The van der Waals surface area contributed by atoms with E-state index in [0.717, 1.165) is 17.5 Å². The van der Waals surface area contributed by atoms with Crippen molar-refractivity contribution in [3.05, 3.63) is 65.7 Å². The van der Waals surface area contributed by atoms with Crippen LogP contribution in [0, 0.1) is 0 Å². The van der Waals surface area contributed by atoms with E-state index in [0.29, 0.717) is 18.8 Å². The minimum absolute atomic E-state index is 0.100. The molecule has 0 saturated carbocycles. The summed E-state index contributed by atoms with van der Waals surface area (Å²) in [6, 6.07) is 16.9. The van der Waals surface area contributed by atoms with Crippen molar-refractivity contribution in [2.45, 2.75) is 59.0 Å². The van der Waals surface area contributed by atoms with Crippen molar-refractivity contribution in [1.82, 2.24) is 10.2 Å². The van der Waals surface area contributed by atoms with Crippen LogP contribution in [0.2, 0.25) is 0 Å². The van der Waals surface area contributed by atoms with Crippen LogP contribution in [0.4, 0.5) is 0 Å². The SMILES string of the molecule is CCCNC(=O)[C@@H](C)N(Cc1ccccc1)C(=O)COc1ccccc1C(C)(C)C. The van der Waals surface area contributed by atoms with Crippen LogP contribution in [0.15, 0.2) is 54.6 Å². The highest BCUT2D eigenvalue weighted by atomic mass is 16.5. The van der Waals surface area contributed by atoms with Crippen LogP contribution < -0.4 is 10.1 Å². The van der Waals surface area contributed by atoms with Crippen LogP contribution in [0.5, 0.6) is 5.75 Å². The first kappa shape index (κ1) is 23.5. The third-order valence-electron chi connectivity index (χ3n) is 4.96. The topological polar surface area (TPSA) is 58.6 Å². The van der Waals surface area contributed by atoms with Crippen molar-refractivity contribution in [1.29, 1.82) is 0 Å². The van der Waals surface area contributed by atoms with E-state index in [-0.39, 0.29) is 23.8 Å². The predicted octanol–water partition coefficient (Wildman–Crippen LogP) is 4.31. The number of amides is 2. The molecule has 0 heterocycles. The highest BCUT2D eigenvalue weighted by Crippen LogP contribution is 2.31. The molecule has 2 aromatic rings. The van der Waals surface area contributed by atoms with Crippen LogP contribution in [0.1, 0.15) is 52.2 Å². The Balaban J connectivity index is 2.17. The van der Waals surface area contributed by atoms with E-state index in [1.807, 2.05) is 61.5 Å². The van der Waals surface area contributed by atoms with Crippen molar-refractivity contribution in [2.24, 2.45) is 0 Å². The quantitative estimate of drug-likeness (QED) is 0.670. The lowest BCUT2D eigenvalue weighted by Gasteiger charge is -2.29. The Labute approximate surface area is 180 Å². The average Bonchev–Trinajstić information content (AvgIpc) is 2.74. The Hall–Kier alpha value is -2.82. The second-order valence-electron chi connectivity index (χ2n) is 8.51. The number of para-hydroxylation sites is 1. The molecule has 0 aliphatic heterocycles. The monoisotopic (exact) mass is 410 g/mol. The molecule has 162 valence electrons. The lowest BCUT2D eigenvalue weighted by atomic mass is 9.86. The number of benzene rings is 2. The van der Waals surface area contributed by atoms with Gasteiger partial charge in [0.1, 0.15) is 11.8 Å². The molecule has 30 heavy (non-hydrogen) atoms. The molecule has 5 heteroatoms. The molecule has 5 nitrogen and oxygen atoms in total. The van der Waals surface area contributed by atoms with E-state index in [1.165, 1.54) is 0 Å². The van der Waals surface area contributed by atoms with Crippen molar-refractivity contribution in [3.63, 3.8) is 0 Å². The molecule has 0 aliphatic rings. The second-order valence-corrected chi connectivity index (χ2v) is 8.51. The molecular weight excluding hydrogens is 376 g/mol. The summed E-state index contributed by atoms with van der Waals surface area (Å²) in [6.45, 7) is 10.9. The van der Waals surface area contributed by atoms with Gasteiger partial charge >= 0.3 is 0 Å².